The third-order valence-corrected chi connectivity index (χ3v) is 6.36. The molecular formula is C24H22ClF3N4O4. The molecule has 0 radical (unpaired) electrons. The number of aromatic amines is 1. The first-order valence-electron chi connectivity index (χ1n) is 11.0. The van der Waals surface area contributed by atoms with Crippen molar-refractivity contribution in [2.45, 2.75) is 44.4 Å². The van der Waals surface area contributed by atoms with Gasteiger partial charge in [-0.15, -0.1) is 0 Å². The standard InChI is InChI=1S/C24H22ClF3N4O4/c1-11(22(34)35)29-21(33)12-2-5-15-16-9-13(4-7-19(16)32-20(15)8-12)30-23(36)31-14-3-6-18(25)17(10-14)24(26,27)28/h2-3,5-6,8,10-11,13,32H,4,7,9H2,1H3,(H,29,33)(H,34,35)(H2,30,31,36)/t11-,13?/m0/s1. The summed E-state index contributed by atoms with van der Waals surface area (Å²) in [4.78, 5) is 39.1. The van der Waals surface area contributed by atoms with Crippen LogP contribution < -0.4 is 16.0 Å². The third kappa shape index (κ3) is 5.40. The topological polar surface area (TPSA) is 123 Å². The number of benzene rings is 2. The first kappa shape index (κ1) is 25.4. The van der Waals surface area contributed by atoms with Gasteiger partial charge in [-0.25, -0.2) is 4.79 Å². The molecule has 4 rings (SSSR count). The van der Waals surface area contributed by atoms with E-state index in [1.807, 2.05) is 0 Å². The van der Waals surface area contributed by atoms with E-state index in [2.05, 4.69) is 20.9 Å². The first-order valence-corrected chi connectivity index (χ1v) is 11.4. The molecule has 0 spiro atoms. The Morgan fingerprint density at radius 3 is 2.61 bits per heavy atom. The molecule has 3 amide bonds. The summed E-state index contributed by atoms with van der Waals surface area (Å²) in [5.74, 6) is -1.65. The summed E-state index contributed by atoms with van der Waals surface area (Å²) in [7, 11) is 0. The molecule has 0 bridgehead atoms. The van der Waals surface area contributed by atoms with Gasteiger partial charge in [0.2, 0.25) is 0 Å². The highest BCUT2D eigenvalue weighted by molar-refractivity contribution is 6.31. The number of carboxylic acid groups (broad SMARTS) is 1. The second-order valence-electron chi connectivity index (χ2n) is 8.61. The Morgan fingerprint density at radius 1 is 1.17 bits per heavy atom. The number of carbonyl (C=O) groups is 3. The molecule has 1 heterocycles. The van der Waals surface area contributed by atoms with Crippen LogP contribution in [0.3, 0.4) is 0 Å². The van der Waals surface area contributed by atoms with E-state index >= 15 is 0 Å². The van der Waals surface area contributed by atoms with Gasteiger partial charge in [-0.2, -0.15) is 13.2 Å². The number of nitrogens with one attached hydrogen (secondary N) is 4. The van der Waals surface area contributed by atoms with Gasteiger partial charge in [-0.1, -0.05) is 17.7 Å². The second-order valence-corrected chi connectivity index (χ2v) is 9.01. The fourth-order valence-electron chi connectivity index (χ4n) is 4.20. The van der Waals surface area contributed by atoms with Gasteiger partial charge in [-0.05, 0) is 62.1 Å². The molecule has 0 saturated heterocycles. The van der Waals surface area contributed by atoms with Crippen molar-refractivity contribution >= 4 is 46.1 Å². The van der Waals surface area contributed by atoms with Gasteiger partial charge in [0.25, 0.3) is 5.91 Å². The van der Waals surface area contributed by atoms with Crippen molar-refractivity contribution in [2.24, 2.45) is 0 Å². The minimum absolute atomic E-state index is 0.0316. The number of halogens is 4. The summed E-state index contributed by atoms with van der Waals surface area (Å²) < 4.78 is 39.2. The summed E-state index contributed by atoms with van der Waals surface area (Å²) in [6.07, 6.45) is -2.94. The Morgan fingerprint density at radius 2 is 1.92 bits per heavy atom. The molecule has 1 aromatic heterocycles. The number of aromatic nitrogens is 1. The first-order chi connectivity index (χ1) is 16.9. The maximum Gasteiger partial charge on any atom is 0.417 e. The van der Waals surface area contributed by atoms with Crippen LogP contribution >= 0.6 is 11.6 Å². The molecule has 5 N–H and O–H groups in total. The number of aryl methyl sites for hydroxylation is 1. The third-order valence-electron chi connectivity index (χ3n) is 6.03. The molecule has 1 unspecified atom stereocenters. The van der Waals surface area contributed by atoms with Crippen molar-refractivity contribution in [3.8, 4) is 0 Å². The summed E-state index contributed by atoms with van der Waals surface area (Å²) in [6.45, 7) is 1.37. The minimum atomic E-state index is -4.64. The van der Waals surface area contributed by atoms with E-state index in [-0.39, 0.29) is 11.7 Å². The number of carbonyl (C=O) groups excluding carboxylic acids is 2. The lowest BCUT2D eigenvalue weighted by Gasteiger charge is -2.24. The maximum atomic E-state index is 13.1. The highest BCUT2D eigenvalue weighted by atomic mass is 35.5. The summed E-state index contributed by atoms with van der Waals surface area (Å²) in [6, 6.07) is 6.24. The van der Waals surface area contributed by atoms with Crippen molar-refractivity contribution in [3.63, 3.8) is 0 Å². The number of rotatable bonds is 5. The van der Waals surface area contributed by atoms with Crippen LogP contribution in [0.25, 0.3) is 10.9 Å². The predicted octanol–water partition coefficient (Wildman–Crippen LogP) is 4.72. The average molecular weight is 523 g/mol. The van der Waals surface area contributed by atoms with Gasteiger partial charge in [-0.3, -0.25) is 9.59 Å². The summed E-state index contributed by atoms with van der Waals surface area (Å²) >= 11 is 5.62. The van der Waals surface area contributed by atoms with Crippen LogP contribution in [0.4, 0.5) is 23.7 Å². The molecular weight excluding hydrogens is 501 g/mol. The smallest absolute Gasteiger partial charge is 0.417 e. The maximum absolute atomic E-state index is 13.1. The van der Waals surface area contributed by atoms with Crippen LogP contribution in [0.2, 0.25) is 5.02 Å². The van der Waals surface area contributed by atoms with Crippen LogP contribution in [0.15, 0.2) is 36.4 Å². The fraction of sp³-hybridized carbons (Fsp3) is 0.292. The molecule has 190 valence electrons. The number of aliphatic carboxylic acids is 1. The molecule has 3 aromatic rings. The number of urea groups is 1. The lowest BCUT2D eigenvalue weighted by molar-refractivity contribution is -0.139. The van der Waals surface area contributed by atoms with Gasteiger partial charge in [0, 0.05) is 33.9 Å². The average Bonchev–Trinajstić information content (AvgIpc) is 3.16. The SMILES string of the molecule is C[C@H](NC(=O)c1ccc2c3c([nH]c2c1)CCC(NC(=O)Nc1ccc(Cl)c(C(F)(F)F)c1)C3)C(=O)O. The van der Waals surface area contributed by atoms with E-state index in [4.69, 9.17) is 16.7 Å². The zero-order valence-corrected chi connectivity index (χ0v) is 19.7. The Balaban J connectivity index is 1.44. The van der Waals surface area contributed by atoms with Crippen molar-refractivity contribution in [1.82, 2.24) is 15.6 Å². The van der Waals surface area contributed by atoms with Crippen LogP contribution in [-0.4, -0.2) is 40.1 Å². The lowest BCUT2D eigenvalue weighted by Crippen LogP contribution is -2.41. The fourth-order valence-corrected chi connectivity index (χ4v) is 4.43. The molecule has 0 saturated carbocycles. The molecule has 36 heavy (non-hydrogen) atoms. The number of hydrogen-bond donors (Lipinski definition) is 5. The van der Waals surface area contributed by atoms with Gasteiger partial charge < -0.3 is 26.0 Å². The van der Waals surface area contributed by atoms with E-state index in [0.29, 0.717) is 30.3 Å². The molecule has 8 nitrogen and oxygen atoms in total. The molecule has 12 heteroatoms. The quantitative estimate of drug-likeness (QED) is 0.332. The molecule has 0 aliphatic heterocycles. The van der Waals surface area contributed by atoms with Crippen molar-refractivity contribution in [2.75, 3.05) is 5.32 Å². The van der Waals surface area contributed by atoms with Crippen LogP contribution in [-0.2, 0) is 23.8 Å². The Bertz CT molecular complexity index is 1360. The Kier molecular flexibility index (Phi) is 6.85. The van der Waals surface area contributed by atoms with Crippen molar-refractivity contribution in [3.05, 3.63) is 63.8 Å². The monoisotopic (exact) mass is 522 g/mol. The van der Waals surface area contributed by atoms with Gasteiger partial charge in [0.1, 0.15) is 6.04 Å². The van der Waals surface area contributed by atoms with E-state index in [1.54, 1.807) is 18.2 Å². The van der Waals surface area contributed by atoms with Gasteiger partial charge in [0.15, 0.2) is 0 Å². The van der Waals surface area contributed by atoms with Gasteiger partial charge in [0.05, 0.1) is 10.6 Å². The largest absolute Gasteiger partial charge is 0.480 e. The van der Waals surface area contributed by atoms with E-state index < -0.39 is 40.7 Å². The Hall–Kier alpha value is -3.73. The molecule has 2 atom stereocenters. The van der Waals surface area contributed by atoms with Crippen molar-refractivity contribution < 1.29 is 32.7 Å². The number of alkyl halides is 3. The molecule has 1 aliphatic rings. The zero-order chi connectivity index (χ0) is 26.2. The number of anilines is 1. The van der Waals surface area contributed by atoms with Crippen LogP contribution in [0, 0.1) is 0 Å². The lowest BCUT2D eigenvalue weighted by atomic mass is 9.91. The molecule has 0 fully saturated rings. The second kappa shape index (κ2) is 9.73. The van der Waals surface area contributed by atoms with Crippen LogP contribution in [0.1, 0.15) is 40.5 Å². The summed E-state index contributed by atoms with van der Waals surface area (Å²) in [5, 5.41) is 17.0. The van der Waals surface area contributed by atoms with Gasteiger partial charge >= 0.3 is 18.2 Å². The van der Waals surface area contributed by atoms with Crippen molar-refractivity contribution in [1.29, 1.82) is 0 Å². The molecule has 1 aliphatic carbocycles. The van der Waals surface area contributed by atoms with E-state index in [1.165, 1.54) is 13.0 Å². The van der Waals surface area contributed by atoms with E-state index in [0.717, 1.165) is 28.8 Å². The molecule has 2 aromatic carbocycles. The number of amides is 3. The zero-order valence-electron chi connectivity index (χ0n) is 18.9. The number of H-pyrrole nitrogens is 1. The number of hydrogen-bond acceptors (Lipinski definition) is 3. The number of carboxylic acids is 1. The minimum Gasteiger partial charge on any atom is -0.480 e. The normalized spacial score (nSPS) is 16.2. The highest BCUT2D eigenvalue weighted by Gasteiger charge is 2.33. The Labute approximate surface area is 208 Å². The number of fused-ring (bicyclic) bond motifs is 3. The highest BCUT2D eigenvalue weighted by Crippen LogP contribution is 2.36. The summed E-state index contributed by atoms with van der Waals surface area (Å²) in [5.41, 5.74) is 1.89. The van der Waals surface area contributed by atoms with Crippen LogP contribution in [0.5, 0.6) is 0 Å². The van der Waals surface area contributed by atoms with E-state index in [9.17, 15) is 27.6 Å². The predicted molar refractivity (Wildman–Crippen MR) is 127 cm³/mol.